The summed E-state index contributed by atoms with van der Waals surface area (Å²) < 4.78 is 0. The molecule has 0 saturated carbocycles. The van der Waals surface area contributed by atoms with Crippen LogP contribution in [0.25, 0.3) is 0 Å². The highest BCUT2D eigenvalue weighted by molar-refractivity contribution is 5.49. The standard InChI is InChI=1S/C19H22N2.C19H23N/c1-20-10-12-21(13-11-20)19-17-8-4-2-6-15(17)14-16-7-3-5-9-18(16)19;1-20-15-13-19(14-16-20,18-11-7-4-8-12-18)17-9-5-2-3-6-10-17/h2-9,19H,10-14H2,1H3;2,4-12H,3,13-16H2,1H3. The Bertz CT molecular complexity index is 1340. The number of piperazine rings is 1. The molecule has 4 aliphatic rings. The number of rotatable bonds is 3. The van der Waals surface area contributed by atoms with E-state index in [1.165, 1.54) is 72.4 Å². The van der Waals surface area contributed by atoms with E-state index in [1.807, 2.05) is 0 Å². The van der Waals surface area contributed by atoms with E-state index >= 15 is 0 Å². The van der Waals surface area contributed by atoms with Gasteiger partial charge in [0.15, 0.2) is 0 Å². The zero-order valence-corrected chi connectivity index (χ0v) is 24.9. The molecular formula is C38H45N3. The third kappa shape index (κ3) is 6.04. The second-order valence-corrected chi connectivity index (χ2v) is 12.3. The minimum absolute atomic E-state index is 0.193. The molecule has 2 fully saturated rings. The molecular weight excluding hydrogens is 498 g/mol. The lowest BCUT2D eigenvalue weighted by atomic mass is 9.67. The number of hydrogen-bond acceptors (Lipinski definition) is 3. The summed E-state index contributed by atoms with van der Waals surface area (Å²) in [7, 11) is 4.45. The van der Waals surface area contributed by atoms with Crippen molar-refractivity contribution >= 4 is 0 Å². The summed E-state index contributed by atoms with van der Waals surface area (Å²) in [6.07, 6.45) is 15.9. The number of likely N-dealkylation sites (N-methyl/N-ethyl adjacent to an activating group) is 1. The topological polar surface area (TPSA) is 9.72 Å². The molecule has 3 aromatic carbocycles. The number of piperidine rings is 1. The van der Waals surface area contributed by atoms with Gasteiger partial charge in [-0.1, -0.05) is 109 Å². The maximum Gasteiger partial charge on any atom is 0.0608 e. The van der Waals surface area contributed by atoms with E-state index < -0.39 is 0 Å². The van der Waals surface area contributed by atoms with Crippen LogP contribution in [0.1, 0.15) is 53.1 Å². The first-order valence-electron chi connectivity index (χ1n) is 15.5. The number of fused-ring (bicyclic) bond motifs is 2. The molecule has 0 amide bonds. The van der Waals surface area contributed by atoms with Crippen LogP contribution in [-0.4, -0.2) is 68.1 Å². The Morgan fingerprint density at radius 2 is 1.22 bits per heavy atom. The highest BCUT2D eigenvalue weighted by atomic mass is 15.3. The summed E-state index contributed by atoms with van der Waals surface area (Å²) in [5.41, 5.74) is 9.17. The zero-order valence-electron chi connectivity index (χ0n) is 24.9. The lowest BCUT2D eigenvalue weighted by Gasteiger charge is -2.42. The van der Waals surface area contributed by atoms with Crippen LogP contribution in [0.5, 0.6) is 0 Å². The van der Waals surface area contributed by atoms with Crippen LogP contribution in [0, 0.1) is 0 Å². The predicted octanol–water partition coefficient (Wildman–Crippen LogP) is 7.02. The highest BCUT2D eigenvalue weighted by Crippen LogP contribution is 2.43. The van der Waals surface area contributed by atoms with Gasteiger partial charge in [-0.3, -0.25) is 4.90 Å². The van der Waals surface area contributed by atoms with Crippen molar-refractivity contribution in [2.45, 2.75) is 37.1 Å². The summed E-state index contributed by atoms with van der Waals surface area (Å²) in [5.74, 6) is 0. The molecule has 0 aromatic heterocycles. The van der Waals surface area contributed by atoms with Crippen molar-refractivity contribution < 1.29 is 0 Å². The maximum absolute atomic E-state index is 2.66. The molecule has 3 heteroatoms. The van der Waals surface area contributed by atoms with Gasteiger partial charge in [0.25, 0.3) is 0 Å². The van der Waals surface area contributed by atoms with Gasteiger partial charge in [0, 0.05) is 31.6 Å². The predicted molar refractivity (Wildman–Crippen MR) is 172 cm³/mol. The normalized spacial score (nSPS) is 21.2. The molecule has 0 spiro atoms. The second kappa shape index (κ2) is 12.7. The lowest BCUT2D eigenvalue weighted by molar-refractivity contribution is 0.125. The Morgan fingerprint density at radius 1 is 0.634 bits per heavy atom. The van der Waals surface area contributed by atoms with E-state index in [9.17, 15) is 0 Å². The molecule has 7 rings (SSSR count). The fourth-order valence-corrected chi connectivity index (χ4v) is 7.17. The van der Waals surface area contributed by atoms with Gasteiger partial charge in [0.2, 0.25) is 0 Å². The summed E-state index contributed by atoms with van der Waals surface area (Å²) in [5, 5.41) is 0. The molecule has 3 nitrogen and oxygen atoms in total. The van der Waals surface area contributed by atoms with Gasteiger partial charge in [-0.15, -0.1) is 0 Å². The fraction of sp³-hybridized carbons (Fsp3) is 0.368. The van der Waals surface area contributed by atoms with Gasteiger partial charge in [0.05, 0.1) is 6.04 Å². The minimum atomic E-state index is 0.193. The van der Waals surface area contributed by atoms with Gasteiger partial charge >= 0.3 is 0 Å². The number of hydrogen-bond donors (Lipinski definition) is 0. The maximum atomic E-state index is 2.66. The smallest absolute Gasteiger partial charge is 0.0608 e. The van der Waals surface area contributed by atoms with Gasteiger partial charge in [-0.05, 0) is 86.3 Å². The minimum Gasteiger partial charge on any atom is -0.306 e. The summed E-state index contributed by atoms with van der Waals surface area (Å²) in [6.45, 7) is 6.99. The molecule has 0 bridgehead atoms. The van der Waals surface area contributed by atoms with Crippen molar-refractivity contribution in [1.29, 1.82) is 0 Å². The van der Waals surface area contributed by atoms with E-state index in [4.69, 9.17) is 0 Å². The van der Waals surface area contributed by atoms with Crippen LogP contribution < -0.4 is 0 Å². The zero-order chi connectivity index (χ0) is 28.1. The van der Waals surface area contributed by atoms with Crippen LogP contribution in [0.4, 0.5) is 0 Å². The van der Waals surface area contributed by atoms with Crippen molar-refractivity contribution in [2.24, 2.45) is 0 Å². The molecule has 41 heavy (non-hydrogen) atoms. The average Bonchev–Trinajstić information content (AvgIpc) is 3.32. The highest BCUT2D eigenvalue weighted by Gasteiger charge is 2.37. The molecule has 212 valence electrons. The first-order chi connectivity index (χ1) is 20.1. The van der Waals surface area contributed by atoms with Gasteiger partial charge in [0.1, 0.15) is 0 Å². The van der Waals surface area contributed by atoms with Crippen LogP contribution in [0.2, 0.25) is 0 Å². The van der Waals surface area contributed by atoms with Gasteiger partial charge in [-0.2, -0.15) is 0 Å². The van der Waals surface area contributed by atoms with E-state index in [0.717, 1.165) is 25.9 Å². The van der Waals surface area contributed by atoms with Crippen molar-refractivity contribution in [1.82, 2.24) is 14.7 Å². The summed E-state index contributed by atoms with van der Waals surface area (Å²) in [4.78, 5) is 7.53. The van der Waals surface area contributed by atoms with Gasteiger partial charge in [-0.25, -0.2) is 0 Å². The first-order valence-corrected chi connectivity index (χ1v) is 15.5. The largest absolute Gasteiger partial charge is 0.306 e. The van der Waals surface area contributed by atoms with E-state index in [1.54, 1.807) is 0 Å². The van der Waals surface area contributed by atoms with Crippen molar-refractivity contribution in [3.63, 3.8) is 0 Å². The summed E-state index contributed by atoms with van der Waals surface area (Å²) >= 11 is 0. The number of allylic oxidation sites excluding steroid dienone is 6. The molecule has 0 unspecified atom stereocenters. The van der Waals surface area contributed by atoms with Crippen molar-refractivity contribution in [2.75, 3.05) is 53.4 Å². The first kappa shape index (κ1) is 27.9. The second-order valence-electron chi connectivity index (χ2n) is 12.3. The summed E-state index contributed by atoms with van der Waals surface area (Å²) in [6, 6.07) is 29.5. The average molecular weight is 544 g/mol. The van der Waals surface area contributed by atoms with Crippen LogP contribution in [0.15, 0.2) is 115 Å². The SMILES string of the molecule is CN1CCC(C2=CC=CCC=C2)(c2ccccc2)CC1.CN1CCN(C2c3ccccc3Cc3ccccc32)CC1. The van der Waals surface area contributed by atoms with Crippen LogP contribution >= 0.6 is 0 Å². The molecule has 2 aliphatic heterocycles. The van der Waals surface area contributed by atoms with Crippen LogP contribution in [0.3, 0.4) is 0 Å². The van der Waals surface area contributed by atoms with Crippen molar-refractivity contribution in [3.05, 3.63) is 143 Å². The fourth-order valence-electron chi connectivity index (χ4n) is 7.17. The third-order valence-corrected chi connectivity index (χ3v) is 9.68. The molecule has 0 radical (unpaired) electrons. The van der Waals surface area contributed by atoms with Crippen molar-refractivity contribution in [3.8, 4) is 0 Å². The molecule has 2 heterocycles. The Hall–Kier alpha value is -3.24. The Labute approximate surface area is 247 Å². The Kier molecular flexibility index (Phi) is 8.67. The Balaban J connectivity index is 0.000000148. The number of nitrogens with zero attached hydrogens (tertiary/aromatic N) is 3. The molecule has 2 aliphatic carbocycles. The molecule has 2 saturated heterocycles. The molecule has 0 atom stereocenters. The number of benzene rings is 3. The van der Waals surface area contributed by atoms with E-state index in [-0.39, 0.29) is 5.41 Å². The van der Waals surface area contributed by atoms with E-state index in [2.05, 4.69) is 138 Å². The number of likely N-dealkylation sites (tertiary alicyclic amines) is 1. The van der Waals surface area contributed by atoms with Gasteiger partial charge < -0.3 is 9.80 Å². The Morgan fingerprint density at radius 3 is 1.88 bits per heavy atom. The monoisotopic (exact) mass is 543 g/mol. The van der Waals surface area contributed by atoms with Crippen LogP contribution in [-0.2, 0) is 11.8 Å². The lowest BCUT2D eigenvalue weighted by Crippen LogP contribution is -2.47. The quantitative estimate of drug-likeness (QED) is 0.352. The third-order valence-electron chi connectivity index (χ3n) is 9.68. The van der Waals surface area contributed by atoms with E-state index in [0.29, 0.717) is 6.04 Å². The molecule has 3 aromatic rings. The molecule has 0 N–H and O–H groups in total.